The maximum Gasteiger partial charge on any atom is 0.660 e. The Morgan fingerprint density at radius 2 is 0.812 bits per heavy atom. The second-order valence-electron chi connectivity index (χ2n) is 2.20. The Bertz CT molecular complexity index is 272. The maximum atomic E-state index is 10.5. The molecule has 14 heteroatoms. The lowest BCUT2D eigenvalue weighted by Gasteiger charge is -1.92. The van der Waals surface area contributed by atoms with E-state index < -0.39 is 45.8 Å². The van der Waals surface area contributed by atoms with Crippen molar-refractivity contribution < 1.29 is 37.8 Å². The summed E-state index contributed by atoms with van der Waals surface area (Å²) in [4.78, 5) is 34.3. The van der Waals surface area contributed by atoms with E-state index in [2.05, 4.69) is 0 Å². The molecule has 0 bridgehead atoms. The molecule has 0 radical (unpaired) electrons. The minimum atomic E-state index is -3.10. The van der Waals surface area contributed by atoms with Crippen LogP contribution in [0.4, 0.5) is 0 Å². The largest absolute Gasteiger partial charge is 0.660 e. The predicted octanol–water partition coefficient (Wildman–Crippen LogP) is 0.189. The normalized spacial score (nSPS) is 15.1. The van der Waals surface area contributed by atoms with Crippen LogP contribution in [0.3, 0.4) is 0 Å². The molecule has 0 amide bonds. The summed E-state index contributed by atoms with van der Waals surface area (Å²) in [6, 6.07) is 0. The minimum Gasteiger partial charge on any atom is -0.141 e. The number of nitrogens with zero attached hydrogens (tertiary/aromatic N) is 2. The van der Waals surface area contributed by atoms with Crippen LogP contribution in [0.25, 0.3) is 0 Å². The van der Waals surface area contributed by atoms with Gasteiger partial charge in [-0.3, -0.25) is 0 Å². The van der Waals surface area contributed by atoms with Gasteiger partial charge in [-0.1, -0.05) is 0 Å². The Hall–Kier alpha value is 0.160. The Morgan fingerprint density at radius 3 is 0.938 bits per heavy atom. The molecule has 0 spiro atoms. The zero-order valence-corrected chi connectivity index (χ0v) is 11.1. The van der Waals surface area contributed by atoms with Crippen molar-refractivity contribution in [1.29, 1.82) is 0 Å². The third-order valence-electron chi connectivity index (χ3n) is 1.29. The average molecular weight is 312 g/mol. The summed E-state index contributed by atoms with van der Waals surface area (Å²) in [6.07, 6.45) is 0. The van der Waals surface area contributed by atoms with E-state index in [1.54, 1.807) is 0 Å². The molecule has 0 aliphatic carbocycles. The predicted molar refractivity (Wildman–Crippen MR) is 52.7 cm³/mol. The molecule has 16 heavy (non-hydrogen) atoms. The maximum absolute atomic E-state index is 10.5. The van der Waals surface area contributed by atoms with Crippen LogP contribution >= 0.6 is 32.7 Å². The van der Waals surface area contributed by atoms with Crippen LogP contribution in [0.1, 0.15) is 0 Å². The first-order valence-corrected chi connectivity index (χ1v) is 8.12. The molecular weight excluding hydrogens is 304 g/mol. The van der Waals surface area contributed by atoms with Crippen molar-refractivity contribution in [3.8, 4) is 0 Å². The lowest BCUT2D eigenvalue weighted by atomic mass is 10.7. The summed E-state index contributed by atoms with van der Waals surface area (Å²) in [5.74, 6) is 0. The molecule has 0 aromatic heterocycles. The van der Waals surface area contributed by atoms with Gasteiger partial charge < -0.3 is 0 Å². The molecule has 0 aliphatic heterocycles. The van der Waals surface area contributed by atoms with E-state index in [0.29, 0.717) is 0 Å². The highest BCUT2D eigenvalue weighted by molar-refractivity contribution is 7.52. The van der Waals surface area contributed by atoms with Crippen molar-refractivity contribution in [2.75, 3.05) is 13.1 Å². The Kier molecular flexibility index (Phi) is 7.55. The molecule has 0 aromatic rings. The fourth-order valence-electron chi connectivity index (χ4n) is 0.652. The summed E-state index contributed by atoms with van der Waals surface area (Å²) in [5, 5.41) is 0. The summed E-state index contributed by atoms with van der Waals surface area (Å²) < 4.78 is 42.6. The SMILES string of the molecule is O=[P+](O)N(CCN([P+](=O)O)[P+](=O)O)[P+](=O)O. The quantitative estimate of drug-likeness (QED) is 0.478. The van der Waals surface area contributed by atoms with Crippen LogP contribution in [-0.2, 0) is 18.3 Å². The molecule has 0 rings (SSSR count). The topological polar surface area (TPSA) is 156 Å². The van der Waals surface area contributed by atoms with Gasteiger partial charge in [0.15, 0.2) is 8.88 Å². The smallest absolute Gasteiger partial charge is 0.141 e. The van der Waals surface area contributed by atoms with E-state index in [1.165, 1.54) is 0 Å². The molecule has 90 valence electrons. The lowest BCUT2D eigenvalue weighted by Crippen LogP contribution is -2.20. The van der Waals surface area contributed by atoms with Crippen molar-refractivity contribution in [3.63, 3.8) is 0 Å². The van der Waals surface area contributed by atoms with E-state index in [4.69, 9.17) is 19.6 Å². The van der Waals surface area contributed by atoms with Gasteiger partial charge in [0.05, 0.1) is 0 Å². The van der Waals surface area contributed by atoms with E-state index in [-0.39, 0.29) is 8.88 Å². The molecule has 0 aromatic carbocycles. The highest BCUT2D eigenvalue weighted by Gasteiger charge is 2.51. The van der Waals surface area contributed by atoms with Crippen LogP contribution in [-0.4, -0.2) is 41.5 Å². The van der Waals surface area contributed by atoms with Gasteiger partial charge in [0, 0.05) is 0 Å². The average Bonchev–Trinajstić information content (AvgIpc) is 2.09. The first kappa shape index (κ1) is 16.2. The van der Waals surface area contributed by atoms with Crippen molar-refractivity contribution in [2.24, 2.45) is 0 Å². The van der Waals surface area contributed by atoms with E-state index in [1.807, 2.05) is 0 Å². The molecule has 4 N–H and O–H groups in total. The standard InChI is InChI=1S/C2H4N2O8P4/c5-13(6)3(14(7)8)1-2-4(15(9)10)16(11)12/h1-2H2/p+4. The van der Waals surface area contributed by atoms with Gasteiger partial charge >= 0.3 is 32.7 Å². The molecule has 4 atom stereocenters. The van der Waals surface area contributed by atoms with Crippen LogP contribution in [0, 0.1) is 0 Å². The first-order chi connectivity index (χ1) is 7.27. The molecule has 0 heterocycles. The Morgan fingerprint density at radius 1 is 0.625 bits per heavy atom. The zero-order chi connectivity index (χ0) is 12.9. The summed E-state index contributed by atoms with van der Waals surface area (Å²) in [6.45, 7) is -1.17. The van der Waals surface area contributed by atoms with Gasteiger partial charge in [0.25, 0.3) is 0 Å². The van der Waals surface area contributed by atoms with E-state index >= 15 is 0 Å². The molecule has 0 aliphatic rings. The lowest BCUT2D eigenvalue weighted by molar-refractivity contribution is 0.375. The van der Waals surface area contributed by atoms with Crippen molar-refractivity contribution >= 4 is 32.7 Å². The van der Waals surface area contributed by atoms with Crippen LogP contribution in [0.15, 0.2) is 0 Å². The van der Waals surface area contributed by atoms with Gasteiger partial charge in [0.2, 0.25) is 0 Å². The highest BCUT2D eigenvalue weighted by atomic mass is 31.2. The second-order valence-corrected chi connectivity index (χ2v) is 6.79. The van der Waals surface area contributed by atoms with Crippen LogP contribution in [0.2, 0.25) is 0 Å². The highest BCUT2D eigenvalue weighted by Crippen LogP contribution is 2.40. The van der Waals surface area contributed by atoms with Gasteiger partial charge in [-0.25, -0.2) is 0 Å². The first-order valence-electron chi connectivity index (χ1n) is 3.46. The summed E-state index contributed by atoms with van der Waals surface area (Å²) in [5.41, 5.74) is 0. The Labute approximate surface area is 93.2 Å². The van der Waals surface area contributed by atoms with Gasteiger partial charge in [-0.05, 0) is 18.3 Å². The molecule has 0 saturated carbocycles. The van der Waals surface area contributed by atoms with Gasteiger partial charge in [-0.15, -0.1) is 19.6 Å². The van der Waals surface area contributed by atoms with Crippen LogP contribution < -0.4 is 0 Å². The number of hydrogen-bond donors (Lipinski definition) is 4. The zero-order valence-electron chi connectivity index (χ0n) is 7.52. The third kappa shape index (κ3) is 5.48. The minimum absolute atomic E-state index is 0.218. The van der Waals surface area contributed by atoms with Gasteiger partial charge in [-0.2, -0.15) is 0 Å². The monoisotopic (exact) mass is 312 g/mol. The Balaban J connectivity index is 4.50. The van der Waals surface area contributed by atoms with Crippen molar-refractivity contribution in [1.82, 2.24) is 8.88 Å². The summed E-state index contributed by atoms with van der Waals surface area (Å²) >= 11 is 0. The van der Waals surface area contributed by atoms with E-state index in [0.717, 1.165) is 0 Å². The number of rotatable bonds is 7. The number of hydrogen-bond acceptors (Lipinski definition) is 4. The fourth-order valence-corrected chi connectivity index (χ4v) is 2.74. The molecule has 4 unspecified atom stereocenters. The fraction of sp³-hybridized carbons (Fsp3) is 1.00. The van der Waals surface area contributed by atoms with Crippen molar-refractivity contribution in [2.45, 2.75) is 0 Å². The molecular formula is C2H8N2O8P4+4. The molecule has 0 saturated heterocycles. The molecule has 10 nitrogen and oxygen atoms in total. The third-order valence-corrected chi connectivity index (χ3v) is 5.51. The van der Waals surface area contributed by atoms with Crippen LogP contribution in [0.5, 0.6) is 0 Å². The van der Waals surface area contributed by atoms with E-state index in [9.17, 15) is 18.3 Å². The molecule has 0 fully saturated rings. The second kappa shape index (κ2) is 7.48. The van der Waals surface area contributed by atoms with Gasteiger partial charge in [0.1, 0.15) is 13.1 Å². The van der Waals surface area contributed by atoms with Crippen molar-refractivity contribution in [3.05, 3.63) is 0 Å². The summed E-state index contributed by atoms with van der Waals surface area (Å²) in [7, 11) is -12.4.